The van der Waals surface area contributed by atoms with E-state index in [-0.39, 0.29) is 6.04 Å². The maximum absolute atomic E-state index is 5.90. The first kappa shape index (κ1) is 15.4. The first-order chi connectivity index (χ1) is 9.37. The van der Waals surface area contributed by atoms with Gasteiger partial charge in [-0.05, 0) is 62.1 Å². The van der Waals surface area contributed by atoms with Gasteiger partial charge in [-0.1, -0.05) is 26.0 Å². The van der Waals surface area contributed by atoms with Crippen LogP contribution >= 0.6 is 0 Å². The van der Waals surface area contributed by atoms with E-state index < -0.39 is 0 Å². The largest absolute Gasteiger partial charge is 0.371 e. The van der Waals surface area contributed by atoms with Crippen molar-refractivity contribution in [2.45, 2.75) is 59.4 Å². The number of nitrogens with zero attached hydrogens (tertiary/aromatic N) is 1. The molecule has 2 N–H and O–H groups in total. The molecule has 2 rings (SSSR count). The van der Waals surface area contributed by atoms with Crippen LogP contribution in [0.2, 0.25) is 0 Å². The summed E-state index contributed by atoms with van der Waals surface area (Å²) in [5, 5.41) is 0. The van der Waals surface area contributed by atoms with Crippen molar-refractivity contribution in [2.75, 3.05) is 18.0 Å². The van der Waals surface area contributed by atoms with Crippen molar-refractivity contribution in [3.05, 3.63) is 29.3 Å². The molecule has 1 heterocycles. The van der Waals surface area contributed by atoms with Crippen molar-refractivity contribution in [1.82, 2.24) is 0 Å². The second kappa shape index (κ2) is 6.17. The summed E-state index contributed by atoms with van der Waals surface area (Å²) in [7, 11) is 0. The SMILES string of the molecule is Cc1cc(CC(C)N)ccc1N1CCCC(C)(C)CC1. The second-order valence-corrected chi connectivity index (χ2v) is 7.31. The third-order valence-electron chi connectivity index (χ3n) is 4.50. The third-order valence-corrected chi connectivity index (χ3v) is 4.50. The van der Waals surface area contributed by atoms with Gasteiger partial charge in [0.15, 0.2) is 0 Å². The number of hydrogen-bond acceptors (Lipinski definition) is 2. The molecule has 0 saturated carbocycles. The molecule has 1 aromatic rings. The molecule has 0 aliphatic carbocycles. The lowest BCUT2D eigenvalue weighted by atomic mass is 9.85. The minimum atomic E-state index is 0.235. The predicted octanol–water partition coefficient (Wildman–Crippen LogP) is 3.90. The summed E-state index contributed by atoms with van der Waals surface area (Å²) in [4.78, 5) is 2.57. The van der Waals surface area contributed by atoms with Crippen molar-refractivity contribution in [3.8, 4) is 0 Å². The van der Waals surface area contributed by atoms with E-state index in [9.17, 15) is 0 Å². The third kappa shape index (κ3) is 3.99. The quantitative estimate of drug-likeness (QED) is 0.905. The van der Waals surface area contributed by atoms with E-state index in [1.807, 2.05) is 0 Å². The fourth-order valence-corrected chi connectivity index (χ4v) is 3.23. The van der Waals surface area contributed by atoms with Gasteiger partial charge in [0.2, 0.25) is 0 Å². The van der Waals surface area contributed by atoms with E-state index >= 15 is 0 Å². The molecular formula is C18H30N2. The summed E-state index contributed by atoms with van der Waals surface area (Å²) in [6.07, 6.45) is 4.89. The van der Waals surface area contributed by atoms with E-state index in [4.69, 9.17) is 5.73 Å². The molecule has 1 unspecified atom stereocenters. The molecule has 2 heteroatoms. The van der Waals surface area contributed by atoms with Crippen LogP contribution < -0.4 is 10.6 Å². The first-order valence-electron chi connectivity index (χ1n) is 7.97. The van der Waals surface area contributed by atoms with Crippen LogP contribution in [0.4, 0.5) is 5.69 Å². The van der Waals surface area contributed by atoms with E-state index in [2.05, 4.69) is 50.8 Å². The van der Waals surface area contributed by atoms with Gasteiger partial charge < -0.3 is 10.6 Å². The topological polar surface area (TPSA) is 29.3 Å². The Kier molecular flexibility index (Phi) is 4.74. The van der Waals surface area contributed by atoms with Gasteiger partial charge in [0.05, 0.1) is 0 Å². The molecule has 1 aliphatic heterocycles. The number of anilines is 1. The monoisotopic (exact) mass is 274 g/mol. The normalized spacial score (nSPS) is 20.6. The molecule has 1 aromatic carbocycles. The van der Waals surface area contributed by atoms with Crippen LogP contribution in [0.25, 0.3) is 0 Å². The summed E-state index contributed by atoms with van der Waals surface area (Å²) in [6.45, 7) is 11.5. The fourth-order valence-electron chi connectivity index (χ4n) is 3.23. The lowest BCUT2D eigenvalue weighted by molar-refractivity contribution is 0.325. The fraction of sp³-hybridized carbons (Fsp3) is 0.667. The Morgan fingerprint density at radius 3 is 2.65 bits per heavy atom. The molecule has 1 saturated heterocycles. The Hall–Kier alpha value is -1.02. The Bertz CT molecular complexity index is 449. The Morgan fingerprint density at radius 2 is 2.00 bits per heavy atom. The number of nitrogens with two attached hydrogens (primary N) is 1. The lowest BCUT2D eigenvalue weighted by Crippen LogP contribution is -2.26. The summed E-state index contributed by atoms with van der Waals surface area (Å²) in [5.74, 6) is 0. The van der Waals surface area contributed by atoms with Gasteiger partial charge in [0.25, 0.3) is 0 Å². The van der Waals surface area contributed by atoms with Crippen LogP contribution in [0, 0.1) is 12.3 Å². The molecule has 1 aliphatic rings. The first-order valence-corrected chi connectivity index (χ1v) is 7.97. The number of hydrogen-bond donors (Lipinski definition) is 1. The minimum Gasteiger partial charge on any atom is -0.371 e. The van der Waals surface area contributed by atoms with E-state index in [1.165, 1.54) is 49.2 Å². The minimum absolute atomic E-state index is 0.235. The van der Waals surface area contributed by atoms with Crippen LogP contribution in [-0.2, 0) is 6.42 Å². The van der Waals surface area contributed by atoms with E-state index in [0.29, 0.717) is 5.41 Å². The molecule has 1 fully saturated rings. The zero-order valence-corrected chi connectivity index (χ0v) is 13.6. The van der Waals surface area contributed by atoms with Gasteiger partial charge in [0, 0.05) is 24.8 Å². The van der Waals surface area contributed by atoms with Gasteiger partial charge >= 0.3 is 0 Å². The average molecular weight is 274 g/mol. The molecule has 112 valence electrons. The molecule has 0 amide bonds. The second-order valence-electron chi connectivity index (χ2n) is 7.31. The van der Waals surface area contributed by atoms with Crippen LogP contribution in [0.15, 0.2) is 18.2 Å². The lowest BCUT2D eigenvalue weighted by Gasteiger charge is -2.26. The van der Waals surface area contributed by atoms with E-state index in [0.717, 1.165) is 6.42 Å². The smallest absolute Gasteiger partial charge is 0.0396 e. The maximum atomic E-state index is 5.90. The number of benzene rings is 1. The predicted molar refractivity (Wildman–Crippen MR) is 88.4 cm³/mol. The van der Waals surface area contributed by atoms with E-state index in [1.54, 1.807) is 0 Å². The summed E-state index contributed by atoms with van der Waals surface area (Å²) >= 11 is 0. The molecule has 0 spiro atoms. The summed E-state index contributed by atoms with van der Waals surface area (Å²) in [6, 6.07) is 7.10. The molecule has 0 bridgehead atoms. The number of rotatable bonds is 3. The highest BCUT2D eigenvalue weighted by Gasteiger charge is 2.23. The van der Waals surface area contributed by atoms with Crippen LogP contribution in [0.1, 0.15) is 51.2 Å². The van der Waals surface area contributed by atoms with Crippen LogP contribution in [0.5, 0.6) is 0 Å². The van der Waals surface area contributed by atoms with Crippen LogP contribution in [-0.4, -0.2) is 19.1 Å². The summed E-state index contributed by atoms with van der Waals surface area (Å²) in [5.41, 5.74) is 10.6. The highest BCUT2D eigenvalue weighted by Crippen LogP contribution is 2.32. The van der Waals surface area contributed by atoms with Gasteiger partial charge in [-0.3, -0.25) is 0 Å². The van der Waals surface area contributed by atoms with Gasteiger partial charge in [-0.2, -0.15) is 0 Å². The molecule has 0 aromatic heterocycles. The van der Waals surface area contributed by atoms with Gasteiger partial charge in [-0.15, -0.1) is 0 Å². The molecule has 2 nitrogen and oxygen atoms in total. The zero-order valence-electron chi connectivity index (χ0n) is 13.6. The number of aryl methyl sites for hydroxylation is 1. The van der Waals surface area contributed by atoms with Gasteiger partial charge in [-0.25, -0.2) is 0 Å². The van der Waals surface area contributed by atoms with Crippen molar-refractivity contribution >= 4 is 5.69 Å². The zero-order chi connectivity index (χ0) is 14.8. The maximum Gasteiger partial charge on any atom is 0.0396 e. The Morgan fingerprint density at radius 1 is 1.25 bits per heavy atom. The van der Waals surface area contributed by atoms with Crippen molar-refractivity contribution in [1.29, 1.82) is 0 Å². The van der Waals surface area contributed by atoms with Crippen molar-refractivity contribution < 1.29 is 0 Å². The van der Waals surface area contributed by atoms with Crippen molar-refractivity contribution in [2.24, 2.45) is 11.1 Å². The Balaban J connectivity index is 2.12. The highest BCUT2D eigenvalue weighted by atomic mass is 15.1. The Labute approximate surface area is 124 Å². The molecule has 0 radical (unpaired) electrons. The molecule has 20 heavy (non-hydrogen) atoms. The standard InChI is InChI=1S/C18H30N2/c1-14-12-16(13-15(2)19)6-7-17(14)20-10-5-8-18(3,4)9-11-20/h6-7,12,15H,5,8-11,13,19H2,1-4H3. The van der Waals surface area contributed by atoms with Crippen molar-refractivity contribution in [3.63, 3.8) is 0 Å². The highest BCUT2D eigenvalue weighted by molar-refractivity contribution is 5.54. The average Bonchev–Trinajstić information content (AvgIpc) is 2.50. The summed E-state index contributed by atoms with van der Waals surface area (Å²) < 4.78 is 0. The van der Waals surface area contributed by atoms with Crippen LogP contribution in [0.3, 0.4) is 0 Å². The van der Waals surface area contributed by atoms with Gasteiger partial charge in [0.1, 0.15) is 0 Å². The molecule has 1 atom stereocenters. The molecular weight excluding hydrogens is 244 g/mol.